The first-order valence-corrected chi connectivity index (χ1v) is 9.09. The number of guanidine groups is 1. The number of pyridine rings is 1. The Bertz CT molecular complexity index is 805. The highest BCUT2D eigenvalue weighted by molar-refractivity contribution is 5.93. The molecular weight excluding hydrogens is 345 g/mol. The number of hydrogen-bond acceptors (Lipinski definition) is 3. The molecule has 0 radical (unpaired) electrons. The zero-order valence-electron chi connectivity index (χ0n) is 15.3. The quantitative estimate of drug-likeness (QED) is 0.517. The number of amides is 1. The molecule has 2 aromatic rings. The van der Waals surface area contributed by atoms with Crippen LogP contribution in [0.25, 0.3) is 0 Å². The largest absolute Gasteiger partial charge is 0.357 e. The zero-order chi connectivity index (χ0) is 19.1. The van der Waals surface area contributed by atoms with E-state index in [0.717, 1.165) is 18.4 Å². The van der Waals surface area contributed by atoms with Gasteiger partial charge in [-0.05, 0) is 49.6 Å². The molecule has 1 amide bonds. The van der Waals surface area contributed by atoms with Crippen LogP contribution in [0.15, 0.2) is 53.8 Å². The molecule has 3 N–H and O–H groups in total. The highest BCUT2D eigenvalue weighted by Gasteiger charge is 2.44. The van der Waals surface area contributed by atoms with Gasteiger partial charge in [0.2, 0.25) is 5.91 Å². The van der Waals surface area contributed by atoms with Crippen LogP contribution in [-0.4, -0.2) is 36.5 Å². The van der Waals surface area contributed by atoms with E-state index in [0.29, 0.717) is 24.7 Å². The van der Waals surface area contributed by atoms with Crippen molar-refractivity contribution in [1.29, 1.82) is 0 Å². The third kappa shape index (κ3) is 5.26. The Kier molecular flexibility index (Phi) is 6.01. The molecule has 1 aliphatic rings. The van der Waals surface area contributed by atoms with Crippen molar-refractivity contribution in [3.8, 4) is 0 Å². The number of aromatic nitrogens is 1. The second-order valence-corrected chi connectivity index (χ2v) is 6.63. The standard InChI is InChI=1S/C20H24FN5O/c1-2-23-19(24-13-18(27)26-17-7-4-10-22-12-17)25-14-20(8-9-20)15-5-3-6-16(21)11-15/h3-7,10-12H,2,8-9,13-14H2,1H3,(H,26,27)(H2,23,24,25). The average Bonchev–Trinajstić information content (AvgIpc) is 3.46. The van der Waals surface area contributed by atoms with Crippen LogP contribution in [0, 0.1) is 5.82 Å². The molecule has 7 heteroatoms. The number of rotatable bonds is 7. The minimum absolute atomic E-state index is 0.00278. The molecule has 1 aromatic carbocycles. The Morgan fingerprint density at radius 1 is 1.26 bits per heavy atom. The van der Waals surface area contributed by atoms with Gasteiger partial charge in [0.15, 0.2) is 5.96 Å². The minimum Gasteiger partial charge on any atom is -0.357 e. The molecule has 1 aliphatic carbocycles. The molecule has 0 spiro atoms. The van der Waals surface area contributed by atoms with Crippen molar-refractivity contribution < 1.29 is 9.18 Å². The number of carbonyl (C=O) groups is 1. The van der Waals surface area contributed by atoms with Gasteiger partial charge >= 0.3 is 0 Å². The van der Waals surface area contributed by atoms with Crippen LogP contribution in [0.1, 0.15) is 25.3 Å². The molecule has 142 valence electrons. The number of halogens is 1. The number of hydrogen-bond donors (Lipinski definition) is 3. The van der Waals surface area contributed by atoms with E-state index >= 15 is 0 Å². The van der Waals surface area contributed by atoms with Gasteiger partial charge in [-0.1, -0.05) is 12.1 Å². The van der Waals surface area contributed by atoms with Crippen molar-refractivity contribution in [3.63, 3.8) is 0 Å². The fourth-order valence-corrected chi connectivity index (χ4v) is 2.92. The number of benzene rings is 1. The van der Waals surface area contributed by atoms with Gasteiger partial charge in [0, 0.05) is 24.7 Å². The van der Waals surface area contributed by atoms with Gasteiger partial charge in [-0.3, -0.25) is 9.78 Å². The number of nitrogens with zero attached hydrogens (tertiary/aromatic N) is 2. The number of aliphatic imine (C=N–C) groups is 1. The molecule has 1 aromatic heterocycles. The lowest BCUT2D eigenvalue weighted by atomic mass is 9.96. The minimum atomic E-state index is -0.216. The van der Waals surface area contributed by atoms with Crippen LogP contribution < -0.4 is 16.0 Å². The van der Waals surface area contributed by atoms with Gasteiger partial charge < -0.3 is 16.0 Å². The monoisotopic (exact) mass is 369 g/mol. The Morgan fingerprint density at radius 3 is 2.78 bits per heavy atom. The van der Waals surface area contributed by atoms with E-state index in [2.05, 4.69) is 25.9 Å². The maximum Gasteiger partial charge on any atom is 0.246 e. The van der Waals surface area contributed by atoms with E-state index in [1.54, 1.807) is 36.7 Å². The van der Waals surface area contributed by atoms with E-state index in [1.807, 2.05) is 13.0 Å². The number of carbonyl (C=O) groups excluding carboxylic acids is 1. The summed E-state index contributed by atoms with van der Waals surface area (Å²) in [4.78, 5) is 20.3. The summed E-state index contributed by atoms with van der Waals surface area (Å²) in [5, 5.41) is 9.17. The summed E-state index contributed by atoms with van der Waals surface area (Å²) in [6.45, 7) is 3.29. The van der Waals surface area contributed by atoms with Crippen LogP contribution in [0.3, 0.4) is 0 Å². The van der Waals surface area contributed by atoms with Crippen LogP contribution in [0.2, 0.25) is 0 Å². The lowest BCUT2D eigenvalue weighted by Gasteiger charge is -2.19. The van der Waals surface area contributed by atoms with Crippen molar-refractivity contribution in [3.05, 3.63) is 60.2 Å². The summed E-state index contributed by atoms with van der Waals surface area (Å²) in [6.07, 6.45) is 5.24. The maximum absolute atomic E-state index is 13.5. The summed E-state index contributed by atoms with van der Waals surface area (Å²) < 4.78 is 13.5. The fraction of sp³-hybridized carbons (Fsp3) is 0.350. The molecule has 6 nitrogen and oxygen atoms in total. The zero-order valence-corrected chi connectivity index (χ0v) is 15.3. The molecule has 27 heavy (non-hydrogen) atoms. The van der Waals surface area contributed by atoms with Gasteiger partial charge in [-0.25, -0.2) is 9.38 Å². The first-order chi connectivity index (χ1) is 13.1. The molecule has 0 bridgehead atoms. The van der Waals surface area contributed by atoms with Crippen LogP contribution in [0.5, 0.6) is 0 Å². The summed E-state index contributed by atoms with van der Waals surface area (Å²) in [5.74, 6) is 0.138. The molecule has 0 atom stereocenters. The highest BCUT2D eigenvalue weighted by atomic mass is 19.1. The second kappa shape index (κ2) is 8.62. The van der Waals surface area contributed by atoms with E-state index in [4.69, 9.17) is 0 Å². The molecular formula is C20H24FN5O. The fourth-order valence-electron chi connectivity index (χ4n) is 2.92. The first-order valence-electron chi connectivity index (χ1n) is 9.09. The summed E-state index contributed by atoms with van der Waals surface area (Å²) in [5.41, 5.74) is 1.58. The SMILES string of the molecule is CCNC(=NCC(=O)Nc1cccnc1)NCC1(c2cccc(F)c2)CC1. The topological polar surface area (TPSA) is 78.4 Å². The van der Waals surface area contributed by atoms with Crippen molar-refractivity contribution in [2.75, 3.05) is 25.0 Å². The smallest absolute Gasteiger partial charge is 0.246 e. The normalized spacial score (nSPS) is 15.1. The first kappa shape index (κ1) is 18.8. The van der Waals surface area contributed by atoms with E-state index in [1.165, 1.54) is 6.07 Å². The molecule has 0 unspecified atom stereocenters. The number of nitrogens with one attached hydrogen (secondary N) is 3. The van der Waals surface area contributed by atoms with E-state index < -0.39 is 0 Å². The third-order valence-electron chi connectivity index (χ3n) is 4.56. The van der Waals surface area contributed by atoms with Gasteiger partial charge in [0.05, 0.1) is 11.9 Å². The van der Waals surface area contributed by atoms with Gasteiger partial charge in [-0.2, -0.15) is 0 Å². The van der Waals surface area contributed by atoms with Gasteiger partial charge in [0.1, 0.15) is 12.4 Å². The van der Waals surface area contributed by atoms with Crippen LogP contribution in [0.4, 0.5) is 10.1 Å². The van der Waals surface area contributed by atoms with Gasteiger partial charge in [-0.15, -0.1) is 0 Å². The van der Waals surface area contributed by atoms with E-state index in [9.17, 15) is 9.18 Å². The van der Waals surface area contributed by atoms with Crippen molar-refractivity contribution in [1.82, 2.24) is 15.6 Å². The summed E-state index contributed by atoms with van der Waals surface area (Å²) >= 11 is 0. The lowest BCUT2D eigenvalue weighted by molar-refractivity contribution is -0.114. The molecule has 1 heterocycles. The molecule has 1 saturated carbocycles. The third-order valence-corrected chi connectivity index (χ3v) is 4.56. The highest BCUT2D eigenvalue weighted by Crippen LogP contribution is 2.47. The average molecular weight is 369 g/mol. The van der Waals surface area contributed by atoms with E-state index in [-0.39, 0.29) is 23.7 Å². The maximum atomic E-state index is 13.5. The predicted molar refractivity (Wildman–Crippen MR) is 104 cm³/mol. The number of anilines is 1. The molecule has 3 rings (SSSR count). The lowest BCUT2D eigenvalue weighted by Crippen LogP contribution is -2.41. The van der Waals surface area contributed by atoms with Crippen LogP contribution in [-0.2, 0) is 10.2 Å². The second-order valence-electron chi connectivity index (χ2n) is 6.63. The summed E-state index contributed by atoms with van der Waals surface area (Å²) in [6, 6.07) is 10.3. The Hall–Kier alpha value is -2.96. The van der Waals surface area contributed by atoms with Gasteiger partial charge in [0.25, 0.3) is 0 Å². The predicted octanol–water partition coefficient (Wildman–Crippen LogP) is 2.45. The summed E-state index contributed by atoms with van der Waals surface area (Å²) in [7, 11) is 0. The Balaban J connectivity index is 1.57. The molecule has 0 saturated heterocycles. The molecule has 0 aliphatic heterocycles. The van der Waals surface area contributed by atoms with Crippen LogP contribution >= 0.6 is 0 Å². The Labute approximate surface area is 158 Å². The van der Waals surface area contributed by atoms with Crippen molar-refractivity contribution >= 4 is 17.6 Å². The molecule has 1 fully saturated rings. The Morgan fingerprint density at radius 2 is 2.11 bits per heavy atom. The van der Waals surface area contributed by atoms with Crippen molar-refractivity contribution in [2.45, 2.75) is 25.2 Å². The van der Waals surface area contributed by atoms with Crippen molar-refractivity contribution in [2.24, 2.45) is 4.99 Å².